The van der Waals surface area contributed by atoms with Gasteiger partial charge in [0, 0.05) is 11.4 Å². The molecular formula is C13H17N3. The van der Waals surface area contributed by atoms with E-state index in [-0.39, 0.29) is 0 Å². The van der Waals surface area contributed by atoms with Crippen molar-refractivity contribution in [3.05, 3.63) is 23.3 Å². The summed E-state index contributed by atoms with van der Waals surface area (Å²) >= 11 is 0. The lowest BCUT2D eigenvalue weighted by Gasteiger charge is -2.26. The Labute approximate surface area is 95.2 Å². The molecule has 0 aliphatic heterocycles. The number of nitrogens with zero attached hydrogens (tertiary/aromatic N) is 1. The number of aromatic nitrogens is 2. The highest BCUT2D eigenvalue weighted by molar-refractivity contribution is 5.93. The van der Waals surface area contributed by atoms with Crippen LogP contribution >= 0.6 is 0 Å². The van der Waals surface area contributed by atoms with Crippen molar-refractivity contribution < 1.29 is 0 Å². The lowest BCUT2D eigenvalue weighted by Crippen LogP contribution is -2.27. The Morgan fingerprint density at radius 3 is 2.81 bits per heavy atom. The molecule has 1 aromatic heterocycles. The standard InChI is InChI=1S/C13H17N3/c1-8-6-7-11-12(9(8)2)13(16-15-11)14-10-4-3-5-10/h6-7,10H,3-5H2,1-2H3,(H2,14,15,16). The van der Waals surface area contributed by atoms with Gasteiger partial charge in [-0.05, 0) is 50.3 Å². The van der Waals surface area contributed by atoms with Crippen molar-refractivity contribution in [2.24, 2.45) is 0 Å². The summed E-state index contributed by atoms with van der Waals surface area (Å²) in [6.45, 7) is 4.31. The van der Waals surface area contributed by atoms with Crippen molar-refractivity contribution in [1.29, 1.82) is 0 Å². The van der Waals surface area contributed by atoms with Gasteiger partial charge in [0.25, 0.3) is 0 Å². The third-order valence-corrected chi connectivity index (χ3v) is 3.71. The monoisotopic (exact) mass is 215 g/mol. The summed E-state index contributed by atoms with van der Waals surface area (Å²) in [5, 5.41) is 12.3. The molecule has 0 radical (unpaired) electrons. The van der Waals surface area contributed by atoms with Crippen LogP contribution in [0.2, 0.25) is 0 Å². The smallest absolute Gasteiger partial charge is 0.156 e. The molecule has 1 heterocycles. The molecule has 1 saturated carbocycles. The minimum Gasteiger partial charge on any atom is -0.365 e. The normalized spacial score (nSPS) is 16.4. The molecule has 1 fully saturated rings. The molecule has 0 atom stereocenters. The Morgan fingerprint density at radius 1 is 1.31 bits per heavy atom. The molecule has 2 aromatic rings. The highest BCUT2D eigenvalue weighted by Crippen LogP contribution is 2.29. The zero-order chi connectivity index (χ0) is 11.1. The van der Waals surface area contributed by atoms with Crippen LogP contribution in [-0.2, 0) is 0 Å². The second-order valence-corrected chi connectivity index (χ2v) is 4.77. The van der Waals surface area contributed by atoms with Crippen LogP contribution in [0.25, 0.3) is 10.9 Å². The fourth-order valence-electron chi connectivity index (χ4n) is 2.24. The zero-order valence-corrected chi connectivity index (χ0v) is 9.80. The van der Waals surface area contributed by atoms with E-state index in [1.165, 1.54) is 35.8 Å². The molecule has 0 amide bonds. The molecular weight excluding hydrogens is 198 g/mol. The summed E-state index contributed by atoms with van der Waals surface area (Å²) in [6, 6.07) is 4.88. The molecule has 2 N–H and O–H groups in total. The van der Waals surface area contributed by atoms with Gasteiger partial charge in [0.1, 0.15) is 0 Å². The summed E-state index contributed by atoms with van der Waals surface area (Å²) in [5.74, 6) is 1.03. The Balaban J connectivity index is 2.06. The third-order valence-electron chi connectivity index (χ3n) is 3.71. The van der Waals surface area contributed by atoms with E-state index < -0.39 is 0 Å². The predicted molar refractivity (Wildman–Crippen MR) is 66.8 cm³/mol. The molecule has 16 heavy (non-hydrogen) atoms. The van der Waals surface area contributed by atoms with E-state index in [0.29, 0.717) is 6.04 Å². The van der Waals surface area contributed by atoms with Crippen molar-refractivity contribution in [2.45, 2.75) is 39.2 Å². The van der Waals surface area contributed by atoms with Gasteiger partial charge in [0.15, 0.2) is 5.82 Å². The average molecular weight is 215 g/mol. The summed E-state index contributed by atoms with van der Waals surface area (Å²) in [5.41, 5.74) is 3.78. The van der Waals surface area contributed by atoms with Gasteiger partial charge in [-0.2, -0.15) is 5.10 Å². The van der Waals surface area contributed by atoms with E-state index in [1.54, 1.807) is 0 Å². The maximum absolute atomic E-state index is 4.38. The minimum atomic E-state index is 0.631. The van der Waals surface area contributed by atoms with E-state index in [0.717, 1.165) is 11.3 Å². The highest BCUT2D eigenvalue weighted by Gasteiger charge is 2.19. The second kappa shape index (κ2) is 3.51. The number of H-pyrrole nitrogens is 1. The number of aromatic amines is 1. The molecule has 1 aliphatic carbocycles. The van der Waals surface area contributed by atoms with Gasteiger partial charge in [0.05, 0.1) is 5.52 Å². The molecule has 3 nitrogen and oxygen atoms in total. The maximum atomic E-state index is 4.38. The number of hydrogen-bond acceptors (Lipinski definition) is 2. The number of nitrogens with one attached hydrogen (secondary N) is 2. The first-order valence-electron chi connectivity index (χ1n) is 5.96. The van der Waals surface area contributed by atoms with E-state index in [9.17, 15) is 0 Å². The molecule has 1 aliphatic rings. The number of hydrogen-bond donors (Lipinski definition) is 2. The van der Waals surface area contributed by atoms with Crippen molar-refractivity contribution in [1.82, 2.24) is 10.2 Å². The Kier molecular flexibility index (Phi) is 2.13. The van der Waals surface area contributed by atoms with E-state index >= 15 is 0 Å². The first-order valence-corrected chi connectivity index (χ1v) is 5.96. The van der Waals surface area contributed by atoms with Crippen molar-refractivity contribution in [3.8, 4) is 0 Å². The van der Waals surface area contributed by atoms with Gasteiger partial charge in [0.2, 0.25) is 0 Å². The number of anilines is 1. The molecule has 0 bridgehead atoms. The van der Waals surface area contributed by atoms with E-state index in [4.69, 9.17) is 0 Å². The fourth-order valence-corrected chi connectivity index (χ4v) is 2.24. The second-order valence-electron chi connectivity index (χ2n) is 4.77. The van der Waals surface area contributed by atoms with Gasteiger partial charge >= 0.3 is 0 Å². The zero-order valence-electron chi connectivity index (χ0n) is 9.80. The van der Waals surface area contributed by atoms with Crippen molar-refractivity contribution in [2.75, 3.05) is 5.32 Å². The third kappa shape index (κ3) is 1.39. The lowest BCUT2D eigenvalue weighted by atomic mass is 9.93. The Hall–Kier alpha value is -1.51. The lowest BCUT2D eigenvalue weighted by molar-refractivity contribution is 0.444. The number of aryl methyl sites for hydroxylation is 2. The van der Waals surface area contributed by atoms with Crippen molar-refractivity contribution >= 4 is 16.7 Å². The topological polar surface area (TPSA) is 40.7 Å². The SMILES string of the molecule is Cc1ccc2[nH]nc(NC3CCC3)c2c1C. The van der Waals surface area contributed by atoms with Gasteiger partial charge in [-0.15, -0.1) is 0 Å². The Bertz CT molecular complexity index is 523. The van der Waals surface area contributed by atoms with Gasteiger partial charge in [-0.1, -0.05) is 6.07 Å². The molecule has 1 aromatic carbocycles. The average Bonchev–Trinajstić information content (AvgIpc) is 2.61. The van der Waals surface area contributed by atoms with Crippen LogP contribution in [-0.4, -0.2) is 16.2 Å². The molecule has 0 unspecified atom stereocenters. The van der Waals surface area contributed by atoms with Gasteiger partial charge < -0.3 is 5.32 Å². The van der Waals surface area contributed by atoms with Crippen LogP contribution in [0.5, 0.6) is 0 Å². The van der Waals surface area contributed by atoms with E-state index in [1.807, 2.05) is 0 Å². The summed E-state index contributed by atoms with van der Waals surface area (Å²) in [7, 11) is 0. The van der Waals surface area contributed by atoms with Crippen LogP contribution in [0.15, 0.2) is 12.1 Å². The number of rotatable bonds is 2. The van der Waals surface area contributed by atoms with Crippen LogP contribution in [0.1, 0.15) is 30.4 Å². The van der Waals surface area contributed by atoms with Crippen LogP contribution in [0.4, 0.5) is 5.82 Å². The Morgan fingerprint density at radius 2 is 2.12 bits per heavy atom. The minimum absolute atomic E-state index is 0.631. The molecule has 3 heteroatoms. The van der Waals surface area contributed by atoms with E-state index in [2.05, 4.69) is 41.5 Å². The largest absolute Gasteiger partial charge is 0.365 e. The van der Waals surface area contributed by atoms with Crippen LogP contribution < -0.4 is 5.32 Å². The highest BCUT2D eigenvalue weighted by atomic mass is 15.2. The molecule has 84 valence electrons. The summed E-state index contributed by atoms with van der Waals surface area (Å²) in [6.07, 6.45) is 3.90. The van der Waals surface area contributed by atoms with Crippen molar-refractivity contribution in [3.63, 3.8) is 0 Å². The van der Waals surface area contributed by atoms with Crippen LogP contribution in [0.3, 0.4) is 0 Å². The predicted octanol–water partition coefficient (Wildman–Crippen LogP) is 3.14. The number of fused-ring (bicyclic) bond motifs is 1. The quantitative estimate of drug-likeness (QED) is 0.808. The number of benzene rings is 1. The first-order chi connectivity index (χ1) is 7.75. The molecule has 0 spiro atoms. The summed E-state index contributed by atoms with van der Waals surface area (Å²) < 4.78 is 0. The van der Waals surface area contributed by atoms with Crippen LogP contribution in [0, 0.1) is 13.8 Å². The fraction of sp³-hybridized carbons (Fsp3) is 0.462. The molecule has 0 saturated heterocycles. The summed E-state index contributed by atoms with van der Waals surface area (Å²) in [4.78, 5) is 0. The maximum Gasteiger partial charge on any atom is 0.156 e. The molecule has 3 rings (SSSR count). The van der Waals surface area contributed by atoms with Gasteiger partial charge in [-0.3, -0.25) is 5.10 Å². The van der Waals surface area contributed by atoms with Gasteiger partial charge in [-0.25, -0.2) is 0 Å². The first kappa shape index (κ1) is 9.70.